The Morgan fingerprint density at radius 1 is 1.35 bits per heavy atom. The molecule has 4 rings (SSSR count). The predicted molar refractivity (Wildman–Crippen MR) is 84.7 cm³/mol. The summed E-state index contributed by atoms with van der Waals surface area (Å²) in [4.78, 5) is 12.5. The molecule has 122 valence electrons. The molecule has 2 saturated carbocycles. The average Bonchev–Trinajstić information content (AvgIpc) is 3.25. The molecular weight excluding hydrogens is 292 g/mol. The molecule has 2 aromatic heterocycles. The highest BCUT2D eigenvalue weighted by Crippen LogP contribution is 2.65. The summed E-state index contributed by atoms with van der Waals surface area (Å²) in [7, 11) is 0. The molecule has 23 heavy (non-hydrogen) atoms. The number of amides is 1. The third kappa shape index (κ3) is 1.98. The maximum atomic E-state index is 12.5. The van der Waals surface area contributed by atoms with Gasteiger partial charge in [0.05, 0.1) is 6.26 Å². The normalized spacial score (nSPS) is 31.4. The van der Waals surface area contributed by atoms with Gasteiger partial charge in [0.2, 0.25) is 5.76 Å². The molecule has 0 unspecified atom stereocenters. The number of hydrogen-bond acceptors (Lipinski definition) is 4. The van der Waals surface area contributed by atoms with Gasteiger partial charge >= 0.3 is 0 Å². The second-order valence-corrected chi connectivity index (χ2v) is 7.69. The fourth-order valence-electron chi connectivity index (χ4n) is 4.57. The van der Waals surface area contributed by atoms with E-state index >= 15 is 0 Å². The first kappa shape index (κ1) is 14.5. The van der Waals surface area contributed by atoms with Crippen molar-refractivity contribution >= 4 is 5.91 Å². The zero-order valence-electron chi connectivity index (χ0n) is 13.8. The SMILES string of the molecule is CC1(C)[C@H]2CC[C@@]1(C)[C@H](NC(=O)c1cc(-c3ccco3)on1)C2. The summed E-state index contributed by atoms with van der Waals surface area (Å²) in [6.07, 6.45) is 5.06. The van der Waals surface area contributed by atoms with Crippen LogP contribution in [0.3, 0.4) is 0 Å². The molecule has 3 atom stereocenters. The van der Waals surface area contributed by atoms with Crippen LogP contribution in [0, 0.1) is 16.7 Å². The number of aromatic nitrogens is 1. The number of carbonyl (C=O) groups is 1. The molecule has 0 aromatic carbocycles. The van der Waals surface area contributed by atoms with Gasteiger partial charge in [0, 0.05) is 12.1 Å². The van der Waals surface area contributed by atoms with Crippen LogP contribution in [0.2, 0.25) is 0 Å². The monoisotopic (exact) mass is 314 g/mol. The molecule has 5 nitrogen and oxygen atoms in total. The lowest BCUT2D eigenvalue weighted by atomic mass is 9.69. The van der Waals surface area contributed by atoms with Crippen LogP contribution in [-0.4, -0.2) is 17.1 Å². The highest BCUT2D eigenvalue weighted by molar-refractivity contribution is 5.93. The van der Waals surface area contributed by atoms with Crippen LogP contribution in [0.5, 0.6) is 0 Å². The van der Waals surface area contributed by atoms with Crippen LogP contribution in [0.1, 0.15) is 50.5 Å². The lowest BCUT2D eigenvalue weighted by molar-refractivity contribution is 0.0818. The van der Waals surface area contributed by atoms with Crippen LogP contribution in [0.4, 0.5) is 0 Å². The number of furan rings is 1. The standard InChI is InChI=1S/C18H22N2O3/c1-17(2)11-6-7-18(17,3)15(9-11)19-16(21)12-10-14(23-20-12)13-5-4-8-22-13/h4-5,8,10-11,15H,6-7,9H2,1-3H3,(H,19,21)/t11-,15+,18-/m0/s1. The Hall–Kier alpha value is -2.04. The van der Waals surface area contributed by atoms with E-state index in [0.717, 1.165) is 6.42 Å². The Morgan fingerprint density at radius 2 is 2.17 bits per heavy atom. The molecule has 2 bridgehead atoms. The summed E-state index contributed by atoms with van der Waals surface area (Å²) >= 11 is 0. The van der Waals surface area contributed by atoms with Gasteiger partial charge in [-0.3, -0.25) is 4.79 Å². The quantitative estimate of drug-likeness (QED) is 0.933. The number of hydrogen-bond donors (Lipinski definition) is 1. The number of nitrogens with one attached hydrogen (secondary N) is 1. The van der Waals surface area contributed by atoms with Gasteiger partial charge in [0.1, 0.15) is 0 Å². The van der Waals surface area contributed by atoms with E-state index in [4.69, 9.17) is 8.94 Å². The number of fused-ring (bicyclic) bond motifs is 2. The molecular formula is C18H22N2O3. The van der Waals surface area contributed by atoms with Crippen molar-refractivity contribution in [1.29, 1.82) is 0 Å². The Balaban J connectivity index is 1.51. The maximum absolute atomic E-state index is 12.5. The molecule has 0 spiro atoms. The van der Waals surface area contributed by atoms with Gasteiger partial charge < -0.3 is 14.3 Å². The topological polar surface area (TPSA) is 68.3 Å². The Kier molecular flexibility index (Phi) is 2.99. The van der Waals surface area contributed by atoms with E-state index in [1.807, 2.05) is 0 Å². The molecule has 2 fully saturated rings. The fraction of sp³-hybridized carbons (Fsp3) is 0.556. The van der Waals surface area contributed by atoms with Crippen molar-refractivity contribution < 1.29 is 13.7 Å². The van der Waals surface area contributed by atoms with Crippen LogP contribution >= 0.6 is 0 Å². The van der Waals surface area contributed by atoms with Gasteiger partial charge in [0.15, 0.2) is 11.5 Å². The number of nitrogens with zero attached hydrogens (tertiary/aromatic N) is 1. The molecule has 2 heterocycles. The zero-order chi connectivity index (χ0) is 16.2. The maximum Gasteiger partial charge on any atom is 0.273 e. The molecule has 2 aliphatic rings. The molecule has 2 aromatic rings. The summed E-state index contributed by atoms with van der Waals surface area (Å²) in [6, 6.07) is 5.39. The van der Waals surface area contributed by atoms with Crippen molar-refractivity contribution in [1.82, 2.24) is 10.5 Å². The van der Waals surface area contributed by atoms with Gasteiger partial charge in [-0.15, -0.1) is 0 Å². The minimum Gasteiger partial charge on any atom is -0.461 e. The predicted octanol–water partition coefficient (Wildman–Crippen LogP) is 3.88. The second-order valence-electron chi connectivity index (χ2n) is 7.69. The summed E-state index contributed by atoms with van der Waals surface area (Å²) in [5, 5.41) is 7.08. The molecule has 2 aliphatic carbocycles. The van der Waals surface area contributed by atoms with Gasteiger partial charge in [0.25, 0.3) is 5.91 Å². The summed E-state index contributed by atoms with van der Waals surface area (Å²) in [5.41, 5.74) is 0.732. The molecule has 0 saturated heterocycles. The van der Waals surface area contributed by atoms with Crippen LogP contribution in [0.25, 0.3) is 11.5 Å². The van der Waals surface area contributed by atoms with Gasteiger partial charge in [-0.2, -0.15) is 0 Å². The molecule has 5 heteroatoms. The lowest BCUT2D eigenvalue weighted by Crippen LogP contribution is -2.46. The van der Waals surface area contributed by atoms with E-state index < -0.39 is 0 Å². The van der Waals surface area contributed by atoms with Gasteiger partial charge in [-0.05, 0) is 48.1 Å². The Labute approximate surface area is 135 Å². The van der Waals surface area contributed by atoms with Crippen molar-refractivity contribution in [2.75, 3.05) is 0 Å². The second kappa shape index (κ2) is 4.73. The van der Waals surface area contributed by atoms with Gasteiger partial charge in [-0.1, -0.05) is 25.9 Å². The first-order chi connectivity index (χ1) is 10.9. The zero-order valence-corrected chi connectivity index (χ0v) is 13.8. The van der Waals surface area contributed by atoms with Crippen LogP contribution < -0.4 is 5.32 Å². The Bertz CT molecular complexity index is 731. The van der Waals surface area contributed by atoms with Crippen LogP contribution in [-0.2, 0) is 0 Å². The highest BCUT2D eigenvalue weighted by atomic mass is 16.5. The minimum absolute atomic E-state index is 0.154. The average molecular weight is 314 g/mol. The first-order valence-corrected chi connectivity index (χ1v) is 8.23. The fourth-order valence-corrected chi connectivity index (χ4v) is 4.57. The molecule has 0 aliphatic heterocycles. The molecule has 0 radical (unpaired) electrons. The number of rotatable bonds is 3. The first-order valence-electron chi connectivity index (χ1n) is 8.23. The van der Waals surface area contributed by atoms with Gasteiger partial charge in [-0.25, -0.2) is 0 Å². The number of carbonyl (C=O) groups excluding carboxylic acids is 1. The van der Waals surface area contributed by atoms with E-state index in [1.54, 1.807) is 24.5 Å². The van der Waals surface area contributed by atoms with E-state index in [9.17, 15) is 4.79 Å². The van der Waals surface area contributed by atoms with E-state index in [1.165, 1.54) is 12.8 Å². The summed E-state index contributed by atoms with van der Waals surface area (Å²) in [6.45, 7) is 6.98. The molecule has 1 N–H and O–H groups in total. The highest BCUT2D eigenvalue weighted by Gasteiger charge is 2.61. The van der Waals surface area contributed by atoms with E-state index in [0.29, 0.717) is 23.1 Å². The van der Waals surface area contributed by atoms with Crippen LogP contribution in [0.15, 0.2) is 33.4 Å². The summed E-state index contributed by atoms with van der Waals surface area (Å²) in [5.74, 6) is 1.57. The third-order valence-corrected chi connectivity index (χ3v) is 6.61. The third-order valence-electron chi connectivity index (χ3n) is 6.61. The van der Waals surface area contributed by atoms with Crippen molar-refractivity contribution in [3.8, 4) is 11.5 Å². The van der Waals surface area contributed by atoms with E-state index in [-0.39, 0.29) is 22.8 Å². The molecule has 1 amide bonds. The largest absolute Gasteiger partial charge is 0.461 e. The van der Waals surface area contributed by atoms with Crippen molar-refractivity contribution in [2.24, 2.45) is 16.7 Å². The van der Waals surface area contributed by atoms with E-state index in [2.05, 4.69) is 31.2 Å². The van der Waals surface area contributed by atoms with Crippen molar-refractivity contribution in [3.63, 3.8) is 0 Å². The lowest BCUT2D eigenvalue weighted by Gasteiger charge is -2.39. The smallest absolute Gasteiger partial charge is 0.273 e. The van der Waals surface area contributed by atoms with Crippen molar-refractivity contribution in [2.45, 2.75) is 46.1 Å². The van der Waals surface area contributed by atoms with Crippen molar-refractivity contribution in [3.05, 3.63) is 30.2 Å². The minimum atomic E-state index is -0.166. The Morgan fingerprint density at radius 3 is 2.78 bits per heavy atom. The summed E-state index contributed by atoms with van der Waals surface area (Å²) < 4.78 is 10.5.